The van der Waals surface area contributed by atoms with Gasteiger partial charge in [0.2, 0.25) is 11.8 Å². The summed E-state index contributed by atoms with van der Waals surface area (Å²) in [7, 11) is 0. The van der Waals surface area contributed by atoms with Crippen molar-refractivity contribution in [3.8, 4) is 0 Å². The van der Waals surface area contributed by atoms with E-state index in [0.29, 0.717) is 37.4 Å². The van der Waals surface area contributed by atoms with Crippen molar-refractivity contribution in [1.29, 1.82) is 0 Å². The molecule has 6 nitrogen and oxygen atoms in total. The van der Waals surface area contributed by atoms with Gasteiger partial charge in [-0.25, -0.2) is 0 Å². The Bertz CT molecular complexity index is 649. The molecule has 2 saturated heterocycles. The van der Waals surface area contributed by atoms with E-state index in [-0.39, 0.29) is 11.8 Å². The molecular weight excluding hydrogens is 306 g/mol. The van der Waals surface area contributed by atoms with Crippen LogP contribution in [0.5, 0.6) is 0 Å². The monoisotopic (exact) mass is 329 g/mol. The van der Waals surface area contributed by atoms with E-state index in [1.54, 1.807) is 0 Å². The van der Waals surface area contributed by atoms with Gasteiger partial charge in [0.1, 0.15) is 0 Å². The van der Waals surface area contributed by atoms with Crippen LogP contribution in [0.3, 0.4) is 0 Å². The van der Waals surface area contributed by atoms with E-state index < -0.39 is 0 Å². The molecule has 24 heavy (non-hydrogen) atoms. The predicted molar refractivity (Wildman–Crippen MR) is 89.7 cm³/mol. The molecule has 3 aliphatic heterocycles. The SMILES string of the molecule is O=C(Cc1ccc2c(c1)CCC(=O)N2)NCC1CC2COCC2N1. The van der Waals surface area contributed by atoms with E-state index in [1.165, 1.54) is 0 Å². The maximum Gasteiger partial charge on any atom is 0.224 e. The Labute approximate surface area is 141 Å². The standard InChI is InChI=1S/C18H23N3O3/c22-17-4-2-12-5-11(1-3-15(12)21-17)6-18(23)19-8-14-7-13-9-24-10-16(13)20-14/h1,3,5,13-14,16,20H,2,4,6-10H2,(H,19,23)(H,21,22). The number of hydrogen-bond acceptors (Lipinski definition) is 4. The molecule has 3 aliphatic rings. The quantitative estimate of drug-likeness (QED) is 0.756. The largest absolute Gasteiger partial charge is 0.379 e. The van der Waals surface area contributed by atoms with Crippen LogP contribution in [0.4, 0.5) is 5.69 Å². The van der Waals surface area contributed by atoms with Crippen molar-refractivity contribution in [3.63, 3.8) is 0 Å². The van der Waals surface area contributed by atoms with Crippen LogP contribution < -0.4 is 16.0 Å². The fourth-order valence-electron chi connectivity index (χ4n) is 3.93. The van der Waals surface area contributed by atoms with E-state index in [0.717, 1.165) is 42.9 Å². The molecule has 1 aromatic rings. The third-order valence-corrected chi connectivity index (χ3v) is 5.21. The molecule has 3 atom stereocenters. The molecule has 0 spiro atoms. The third kappa shape index (κ3) is 3.30. The Balaban J connectivity index is 1.28. The fraction of sp³-hybridized carbons (Fsp3) is 0.556. The number of ether oxygens (including phenoxy) is 1. The minimum Gasteiger partial charge on any atom is -0.379 e. The minimum atomic E-state index is 0.0462. The molecule has 0 aromatic heterocycles. The van der Waals surface area contributed by atoms with E-state index >= 15 is 0 Å². The number of aryl methyl sites for hydroxylation is 1. The second-order valence-electron chi connectivity index (χ2n) is 7.02. The zero-order valence-corrected chi connectivity index (χ0v) is 13.6. The van der Waals surface area contributed by atoms with Crippen LogP contribution in [0.1, 0.15) is 24.0 Å². The number of hydrogen-bond donors (Lipinski definition) is 3. The number of anilines is 1. The van der Waals surface area contributed by atoms with Crippen LogP contribution in [0.2, 0.25) is 0 Å². The van der Waals surface area contributed by atoms with Crippen molar-refractivity contribution in [1.82, 2.24) is 10.6 Å². The van der Waals surface area contributed by atoms with E-state index in [4.69, 9.17) is 4.74 Å². The van der Waals surface area contributed by atoms with Crippen molar-refractivity contribution in [2.75, 3.05) is 25.1 Å². The van der Waals surface area contributed by atoms with Crippen molar-refractivity contribution < 1.29 is 14.3 Å². The molecule has 2 amide bonds. The summed E-state index contributed by atoms with van der Waals surface area (Å²) < 4.78 is 5.44. The van der Waals surface area contributed by atoms with Gasteiger partial charge in [0.05, 0.1) is 19.6 Å². The number of carbonyl (C=O) groups is 2. The number of amides is 2. The number of fused-ring (bicyclic) bond motifs is 2. The highest BCUT2D eigenvalue weighted by Gasteiger charge is 2.37. The van der Waals surface area contributed by atoms with Crippen LogP contribution in [-0.2, 0) is 27.2 Å². The first-order valence-electron chi connectivity index (χ1n) is 8.69. The molecule has 1 aromatic carbocycles. The molecule has 0 saturated carbocycles. The highest BCUT2D eigenvalue weighted by atomic mass is 16.5. The summed E-state index contributed by atoms with van der Waals surface area (Å²) in [4.78, 5) is 23.6. The van der Waals surface area contributed by atoms with Crippen LogP contribution in [0.25, 0.3) is 0 Å². The van der Waals surface area contributed by atoms with Crippen LogP contribution >= 0.6 is 0 Å². The average Bonchev–Trinajstić information content (AvgIpc) is 3.14. The normalized spacial score (nSPS) is 28.2. The lowest BCUT2D eigenvalue weighted by atomic mass is 9.99. The van der Waals surface area contributed by atoms with E-state index in [1.807, 2.05) is 18.2 Å². The summed E-state index contributed by atoms with van der Waals surface area (Å²) >= 11 is 0. The summed E-state index contributed by atoms with van der Waals surface area (Å²) in [5.74, 6) is 0.708. The van der Waals surface area contributed by atoms with Crippen molar-refractivity contribution >= 4 is 17.5 Å². The summed E-state index contributed by atoms with van der Waals surface area (Å²) in [5, 5.41) is 9.44. The predicted octanol–water partition coefficient (Wildman–Crippen LogP) is 0.607. The minimum absolute atomic E-state index is 0.0462. The Morgan fingerprint density at radius 3 is 3.08 bits per heavy atom. The Hall–Kier alpha value is -1.92. The number of carbonyl (C=O) groups excluding carboxylic acids is 2. The summed E-state index contributed by atoms with van der Waals surface area (Å²) in [6.07, 6.45) is 2.71. The molecule has 128 valence electrons. The van der Waals surface area contributed by atoms with E-state index in [2.05, 4.69) is 16.0 Å². The third-order valence-electron chi connectivity index (χ3n) is 5.21. The Morgan fingerprint density at radius 2 is 2.21 bits per heavy atom. The van der Waals surface area contributed by atoms with Gasteiger partial charge >= 0.3 is 0 Å². The molecule has 0 aliphatic carbocycles. The first-order valence-corrected chi connectivity index (χ1v) is 8.69. The molecule has 0 bridgehead atoms. The lowest BCUT2D eigenvalue weighted by molar-refractivity contribution is -0.120. The molecular formula is C18H23N3O3. The van der Waals surface area contributed by atoms with Gasteiger partial charge in [0.15, 0.2) is 0 Å². The van der Waals surface area contributed by atoms with Gasteiger partial charge in [-0.05, 0) is 30.0 Å². The maximum atomic E-state index is 12.2. The van der Waals surface area contributed by atoms with Crippen LogP contribution in [0, 0.1) is 5.92 Å². The molecule has 3 unspecified atom stereocenters. The zero-order chi connectivity index (χ0) is 16.5. The molecule has 3 N–H and O–H groups in total. The van der Waals surface area contributed by atoms with Gasteiger partial charge in [-0.1, -0.05) is 12.1 Å². The Morgan fingerprint density at radius 1 is 1.29 bits per heavy atom. The molecule has 0 radical (unpaired) electrons. The van der Waals surface area contributed by atoms with Crippen molar-refractivity contribution in [2.24, 2.45) is 5.92 Å². The van der Waals surface area contributed by atoms with Crippen molar-refractivity contribution in [3.05, 3.63) is 29.3 Å². The Kier molecular flexibility index (Phi) is 4.24. The van der Waals surface area contributed by atoms with Crippen LogP contribution in [0.15, 0.2) is 18.2 Å². The average molecular weight is 329 g/mol. The van der Waals surface area contributed by atoms with Gasteiger partial charge in [-0.2, -0.15) is 0 Å². The number of rotatable bonds is 4. The first-order chi connectivity index (χ1) is 11.7. The van der Waals surface area contributed by atoms with Crippen molar-refractivity contribution in [2.45, 2.75) is 37.8 Å². The van der Waals surface area contributed by atoms with Gasteiger partial charge < -0.3 is 20.7 Å². The summed E-state index contributed by atoms with van der Waals surface area (Å²) in [6.45, 7) is 2.31. The zero-order valence-electron chi connectivity index (χ0n) is 13.6. The smallest absolute Gasteiger partial charge is 0.224 e. The van der Waals surface area contributed by atoms with Gasteiger partial charge in [0, 0.05) is 36.7 Å². The maximum absolute atomic E-state index is 12.2. The van der Waals surface area contributed by atoms with Gasteiger partial charge in [0.25, 0.3) is 0 Å². The molecule has 6 heteroatoms. The second-order valence-corrected chi connectivity index (χ2v) is 7.02. The molecule has 4 rings (SSSR count). The highest BCUT2D eigenvalue weighted by Crippen LogP contribution is 2.26. The lowest BCUT2D eigenvalue weighted by Crippen LogP contribution is -2.41. The van der Waals surface area contributed by atoms with Gasteiger partial charge in [-0.3, -0.25) is 9.59 Å². The highest BCUT2D eigenvalue weighted by molar-refractivity contribution is 5.94. The molecule has 2 fully saturated rings. The molecule has 3 heterocycles. The van der Waals surface area contributed by atoms with Gasteiger partial charge in [-0.15, -0.1) is 0 Å². The van der Waals surface area contributed by atoms with E-state index in [9.17, 15) is 9.59 Å². The second kappa shape index (κ2) is 6.53. The fourth-order valence-corrected chi connectivity index (χ4v) is 3.93. The summed E-state index contributed by atoms with van der Waals surface area (Å²) in [6, 6.07) is 6.66. The van der Waals surface area contributed by atoms with Crippen LogP contribution in [-0.4, -0.2) is 43.7 Å². The topological polar surface area (TPSA) is 79.5 Å². The summed E-state index contributed by atoms with van der Waals surface area (Å²) in [5.41, 5.74) is 2.98. The number of benzene rings is 1. The lowest BCUT2D eigenvalue weighted by Gasteiger charge is -2.18. The number of nitrogens with one attached hydrogen (secondary N) is 3. The first kappa shape index (κ1) is 15.6.